The Bertz CT molecular complexity index is 691. The van der Waals surface area contributed by atoms with Gasteiger partial charge in [0.05, 0.1) is 11.6 Å². The van der Waals surface area contributed by atoms with E-state index in [1.165, 1.54) is 0 Å². The molecule has 2 aromatic carbocycles. The van der Waals surface area contributed by atoms with E-state index in [1.54, 1.807) is 36.9 Å². The lowest BCUT2D eigenvalue weighted by Crippen LogP contribution is -1.91. The average Bonchev–Trinajstić information content (AvgIpc) is 2.46. The zero-order valence-corrected chi connectivity index (χ0v) is 12.5. The molecule has 0 spiro atoms. The molecular weight excluding hydrogens is 290 g/mol. The summed E-state index contributed by atoms with van der Waals surface area (Å²) in [6.07, 6.45) is 0. The minimum absolute atomic E-state index is 0.0591. The Morgan fingerprint density at radius 2 is 2.10 bits per heavy atom. The van der Waals surface area contributed by atoms with Crippen molar-refractivity contribution in [1.82, 2.24) is 0 Å². The molecule has 2 aromatic rings. The van der Waals surface area contributed by atoms with Gasteiger partial charge < -0.3 is 0 Å². The molecule has 0 aromatic heterocycles. The van der Waals surface area contributed by atoms with Crippen molar-refractivity contribution >= 4 is 29.1 Å². The first-order valence-electron chi connectivity index (χ1n) is 6.02. The van der Waals surface area contributed by atoms with Gasteiger partial charge in [-0.3, -0.25) is 4.79 Å². The van der Waals surface area contributed by atoms with Crippen LogP contribution in [0.2, 0.25) is 5.02 Å². The highest BCUT2D eigenvalue weighted by Gasteiger charge is 2.05. The summed E-state index contributed by atoms with van der Waals surface area (Å²) in [5.41, 5.74) is 2.24. The van der Waals surface area contributed by atoms with Crippen molar-refractivity contribution < 1.29 is 4.79 Å². The lowest BCUT2D eigenvalue weighted by Gasteiger charge is -2.06. The Morgan fingerprint density at radius 1 is 1.30 bits per heavy atom. The van der Waals surface area contributed by atoms with E-state index in [0.29, 0.717) is 21.9 Å². The Labute approximate surface area is 127 Å². The van der Waals surface area contributed by atoms with E-state index in [0.717, 1.165) is 10.5 Å². The van der Waals surface area contributed by atoms with Gasteiger partial charge in [-0.1, -0.05) is 29.8 Å². The number of benzene rings is 2. The largest absolute Gasteiger partial charge is 0.295 e. The van der Waals surface area contributed by atoms with Gasteiger partial charge in [0.25, 0.3) is 0 Å². The second-order valence-corrected chi connectivity index (χ2v) is 5.75. The number of carbonyl (C=O) groups excluding carboxylic acids is 1. The number of nitrogens with zero attached hydrogens (tertiary/aromatic N) is 1. The monoisotopic (exact) mass is 301 g/mol. The fourth-order valence-electron chi connectivity index (χ4n) is 1.70. The van der Waals surface area contributed by atoms with Crippen LogP contribution in [0.5, 0.6) is 0 Å². The van der Waals surface area contributed by atoms with Crippen LogP contribution in [-0.2, 0) is 5.75 Å². The standard InChI is InChI=1S/C16H12ClNOS/c1-11(19)13-3-2-4-15(8-13)20-10-14-6-5-12(9-18)7-16(14)17/h2-8H,10H2,1H3. The Kier molecular flexibility index (Phi) is 4.84. The average molecular weight is 302 g/mol. The van der Waals surface area contributed by atoms with Gasteiger partial charge in [-0.15, -0.1) is 11.8 Å². The third-order valence-electron chi connectivity index (χ3n) is 2.82. The molecule has 2 rings (SSSR count). The Hall–Kier alpha value is -1.76. The number of hydrogen-bond donors (Lipinski definition) is 0. The van der Waals surface area contributed by atoms with Crippen molar-refractivity contribution in [2.75, 3.05) is 0 Å². The molecule has 0 aliphatic carbocycles. The number of halogens is 1. The van der Waals surface area contributed by atoms with Crippen LogP contribution in [0, 0.1) is 11.3 Å². The van der Waals surface area contributed by atoms with Gasteiger partial charge in [0.15, 0.2) is 5.78 Å². The first-order chi connectivity index (χ1) is 9.60. The van der Waals surface area contributed by atoms with Gasteiger partial charge in [0.1, 0.15) is 0 Å². The highest BCUT2D eigenvalue weighted by molar-refractivity contribution is 7.98. The first kappa shape index (κ1) is 14.6. The number of thioether (sulfide) groups is 1. The molecule has 0 N–H and O–H groups in total. The van der Waals surface area contributed by atoms with Crippen molar-refractivity contribution in [3.8, 4) is 6.07 Å². The molecule has 0 saturated heterocycles. The molecule has 0 atom stereocenters. The third-order valence-corrected chi connectivity index (χ3v) is 4.21. The normalized spacial score (nSPS) is 10.1. The maximum absolute atomic E-state index is 11.3. The molecule has 0 saturated carbocycles. The minimum Gasteiger partial charge on any atom is -0.295 e. The summed E-state index contributed by atoms with van der Waals surface area (Å²) < 4.78 is 0. The summed E-state index contributed by atoms with van der Waals surface area (Å²) in [5.74, 6) is 0.759. The number of Topliss-reactive ketones (excluding diaryl/α,β-unsaturated/α-hetero) is 1. The summed E-state index contributed by atoms with van der Waals surface area (Å²) in [4.78, 5) is 12.4. The zero-order chi connectivity index (χ0) is 14.5. The third kappa shape index (κ3) is 3.63. The van der Waals surface area contributed by atoms with E-state index in [1.807, 2.05) is 24.3 Å². The first-order valence-corrected chi connectivity index (χ1v) is 7.39. The molecule has 0 amide bonds. The van der Waals surface area contributed by atoms with Gasteiger partial charge in [-0.05, 0) is 36.8 Å². The van der Waals surface area contributed by atoms with Crippen molar-refractivity contribution in [2.24, 2.45) is 0 Å². The minimum atomic E-state index is 0.0591. The molecule has 0 heterocycles. The van der Waals surface area contributed by atoms with E-state index >= 15 is 0 Å². The molecule has 0 fully saturated rings. The fraction of sp³-hybridized carbons (Fsp3) is 0.125. The van der Waals surface area contributed by atoms with Crippen LogP contribution >= 0.6 is 23.4 Å². The Morgan fingerprint density at radius 3 is 2.75 bits per heavy atom. The maximum atomic E-state index is 11.3. The Balaban J connectivity index is 2.11. The van der Waals surface area contributed by atoms with E-state index in [-0.39, 0.29) is 5.78 Å². The van der Waals surface area contributed by atoms with E-state index in [9.17, 15) is 4.79 Å². The number of nitriles is 1. The highest BCUT2D eigenvalue weighted by atomic mass is 35.5. The molecule has 0 radical (unpaired) electrons. The van der Waals surface area contributed by atoms with Gasteiger partial charge >= 0.3 is 0 Å². The number of hydrogen-bond acceptors (Lipinski definition) is 3. The van der Waals surface area contributed by atoms with Crippen LogP contribution in [0.3, 0.4) is 0 Å². The van der Waals surface area contributed by atoms with Crippen LogP contribution < -0.4 is 0 Å². The van der Waals surface area contributed by atoms with Gasteiger partial charge in [0.2, 0.25) is 0 Å². The molecule has 100 valence electrons. The topological polar surface area (TPSA) is 40.9 Å². The predicted octanol–water partition coefficient (Wildman–Crippen LogP) is 4.71. The van der Waals surface area contributed by atoms with Crippen LogP contribution in [0.15, 0.2) is 47.4 Å². The number of rotatable bonds is 4. The smallest absolute Gasteiger partial charge is 0.159 e. The van der Waals surface area contributed by atoms with Crippen LogP contribution in [0.4, 0.5) is 0 Å². The lowest BCUT2D eigenvalue weighted by molar-refractivity contribution is 0.101. The molecule has 0 aliphatic heterocycles. The summed E-state index contributed by atoms with van der Waals surface area (Å²) >= 11 is 7.75. The number of ketones is 1. The van der Waals surface area contributed by atoms with Crippen LogP contribution in [-0.4, -0.2) is 5.78 Å². The maximum Gasteiger partial charge on any atom is 0.159 e. The van der Waals surface area contributed by atoms with Crippen LogP contribution in [0.1, 0.15) is 28.4 Å². The zero-order valence-electron chi connectivity index (χ0n) is 10.9. The summed E-state index contributed by atoms with van der Waals surface area (Å²) in [6.45, 7) is 1.56. The highest BCUT2D eigenvalue weighted by Crippen LogP contribution is 2.27. The molecule has 0 unspecified atom stereocenters. The van der Waals surface area contributed by atoms with Crippen molar-refractivity contribution in [1.29, 1.82) is 5.26 Å². The van der Waals surface area contributed by atoms with Gasteiger partial charge in [-0.2, -0.15) is 5.26 Å². The predicted molar refractivity (Wildman–Crippen MR) is 82.2 cm³/mol. The SMILES string of the molecule is CC(=O)c1cccc(SCc2ccc(C#N)cc2Cl)c1. The van der Waals surface area contributed by atoms with Crippen molar-refractivity contribution in [3.05, 3.63) is 64.2 Å². The molecule has 0 bridgehead atoms. The second-order valence-electron chi connectivity index (χ2n) is 4.29. The van der Waals surface area contributed by atoms with Crippen LogP contribution in [0.25, 0.3) is 0 Å². The summed E-state index contributed by atoms with van der Waals surface area (Å²) in [7, 11) is 0. The molecule has 20 heavy (non-hydrogen) atoms. The fourth-order valence-corrected chi connectivity index (χ4v) is 2.99. The van der Waals surface area contributed by atoms with E-state index in [2.05, 4.69) is 6.07 Å². The molecule has 2 nitrogen and oxygen atoms in total. The molecule has 4 heteroatoms. The van der Waals surface area contributed by atoms with E-state index in [4.69, 9.17) is 16.9 Å². The molecule has 0 aliphatic rings. The van der Waals surface area contributed by atoms with Crippen molar-refractivity contribution in [3.63, 3.8) is 0 Å². The van der Waals surface area contributed by atoms with Gasteiger partial charge in [-0.25, -0.2) is 0 Å². The van der Waals surface area contributed by atoms with Gasteiger partial charge in [0, 0.05) is 21.2 Å². The number of carbonyl (C=O) groups is 1. The summed E-state index contributed by atoms with van der Waals surface area (Å²) in [5, 5.41) is 9.39. The van der Waals surface area contributed by atoms with E-state index < -0.39 is 0 Å². The van der Waals surface area contributed by atoms with Crippen molar-refractivity contribution in [2.45, 2.75) is 17.6 Å². The summed E-state index contributed by atoms with van der Waals surface area (Å²) in [6, 6.07) is 14.9. The lowest BCUT2D eigenvalue weighted by atomic mass is 10.1. The molecular formula is C16H12ClNOS. The second kappa shape index (κ2) is 6.60. The quantitative estimate of drug-likeness (QED) is 0.607.